The minimum Gasteiger partial charge on any atom is -0.497 e. The second kappa shape index (κ2) is 7.35. The van der Waals surface area contributed by atoms with Crippen molar-refractivity contribution in [2.75, 3.05) is 19.1 Å². The van der Waals surface area contributed by atoms with Gasteiger partial charge in [-0.25, -0.2) is 0 Å². The zero-order valence-electron chi connectivity index (χ0n) is 16.1. The third-order valence-corrected chi connectivity index (χ3v) is 5.51. The number of likely N-dealkylation sites (N-methyl/N-ethyl adjacent to an activating group) is 1. The van der Waals surface area contributed by atoms with Crippen molar-refractivity contribution >= 4 is 17.7 Å². The second-order valence-corrected chi connectivity index (χ2v) is 7.03. The van der Waals surface area contributed by atoms with Gasteiger partial charge in [0, 0.05) is 12.7 Å². The number of carbonyl (C=O) groups excluding carboxylic acids is 1. The summed E-state index contributed by atoms with van der Waals surface area (Å²) in [5.74, 6) is 0.877. The van der Waals surface area contributed by atoms with Crippen molar-refractivity contribution in [1.29, 1.82) is 0 Å². The van der Waals surface area contributed by atoms with E-state index in [1.165, 1.54) is 0 Å². The molecule has 0 bridgehead atoms. The first-order valence-corrected chi connectivity index (χ1v) is 9.40. The highest BCUT2D eigenvalue weighted by molar-refractivity contribution is 6.10. The number of benzene rings is 3. The first-order chi connectivity index (χ1) is 13.7. The molecule has 1 aliphatic rings. The molecule has 3 nitrogen and oxygen atoms in total. The average molecular weight is 369 g/mol. The van der Waals surface area contributed by atoms with Crippen molar-refractivity contribution in [3.05, 3.63) is 102 Å². The molecule has 1 aliphatic heterocycles. The number of methoxy groups -OCH3 is 1. The van der Waals surface area contributed by atoms with Crippen molar-refractivity contribution in [1.82, 2.24) is 0 Å². The van der Waals surface area contributed by atoms with Crippen LogP contribution >= 0.6 is 0 Å². The highest BCUT2D eigenvalue weighted by Gasteiger charge is 2.49. The van der Waals surface area contributed by atoms with Crippen molar-refractivity contribution in [3.63, 3.8) is 0 Å². The molecule has 1 amide bonds. The van der Waals surface area contributed by atoms with Crippen LogP contribution in [0, 0.1) is 0 Å². The number of hydrogen-bond donors (Lipinski definition) is 0. The molecule has 0 fully saturated rings. The third-order valence-electron chi connectivity index (χ3n) is 5.51. The number of rotatable bonds is 5. The Bertz CT molecular complexity index is 1010. The summed E-state index contributed by atoms with van der Waals surface area (Å²) in [4.78, 5) is 15.3. The van der Waals surface area contributed by atoms with E-state index in [0.717, 1.165) is 28.1 Å². The molecule has 0 aliphatic carbocycles. The number of carbonyl (C=O) groups is 1. The van der Waals surface area contributed by atoms with E-state index in [2.05, 4.69) is 30.4 Å². The Balaban J connectivity index is 1.82. The molecule has 3 aromatic carbocycles. The van der Waals surface area contributed by atoms with E-state index in [1.807, 2.05) is 67.7 Å². The average Bonchev–Trinajstić information content (AvgIpc) is 2.97. The van der Waals surface area contributed by atoms with E-state index in [-0.39, 0.29) is 5.91 Å². The van der Waals surface area contributed by atoms with Crippen LogP contribution in [0.3, 0.4) is 0 Å². The largest absolute Gasteiger partial charge is 0.497 e. The molecule has 0 saturated heterocycles. The monoisotopic (exact) mass is 369 g/mol. The lowest BCUT2D eigenvalue weighted by atomic mass is 9.72. The molecule has 3 aromatic rings. The zero-order valence-corrected chi connectivity index (χ0v) is 16.1. The van der Waals surface area contributed by atoms with Crippen LogP contribution in [0.25, 0.3) is 6.08 Å². The van der Waals surface area contributed by atoms with Crippen LogP contribution in [0.5, 0.6) is 5.75 Å². The molecular weight excluding hydrogens is 346 g/mol. The number of allylic oxidation sites excluding steroid dienone is 1. The summed E-state index contributed by atoms with van der Waals surface area (Å²) in [5.41, 5.74) is 3.39. The van der Waals surface area contributed by atoms with Gasteiger partial charge in [0.25, 0.3) is 0 Å². The maximum absolute atomic E-state index is 13.5. The molecule has 1 heterocycles. The lowest BCUT2D eigenvalue weighted by Gasteiger charge is -2.28. The van der Waals surface area contributed by atoms with E-state index >= 15 is 0 Å². The second-order valence-electron chi connectivity index (χ2n) is 7.03. The zero-order chi connectivity index (χ0) is 19.6. The van der Waals surface area contributed by atoms with Gasteiger partial charge in [0.15, 0.2) is 0 Å². The van der Waals surface area contributed by atoms with Gasteiger partial charge < -0.3 is 9.64 Å². The molecule has 140 valence electrons. The third kappa shape index (κ3) is 2.89. The minimum absolute atomic E-state index is 0.0941. The molecule has 0 saturated carbocycles. The maximum Gasteiger partial charge on any atom is 0.242 e. The normalized spacial score (nSPS) is 18.5. The van der Waals surface area contributed by atoms with Gasteiger partial charge >= 0.3 is 0 Å². The summed E-state index contributed by atoms with van der Waals surface area (Å²) in [5, 5.41) is 0. The summed E-state index contributed by atoms with van der Waals surface area (Å²) in [7, 11) is 3.50. The van der Waals surface area contributed by atoms with Crippen LogP contribution in [-0.2, 0) is 10.2 Å². The molecule has 4 rings (SSSR count). The maximum atomic E-state index is 13.5. The summed E-state index contributed by atoms with van der Waals surface area (Å²) >= 11 is 0. The van der Waals surface area contributed by atoms with E-state index in [4.69, 9.17) is 4.74 Å². The Kier molecular flexibility index (Phi) is 4.74. The van der Waals surface area contributed by atoms with Crippen LogP contribution in [0.2, 0.25) is 0 Å². The van der Waals surface area contributed by atoms with Crippen LogP contribution in [0.15, 0.2) is 84.9 Å². The van der Waals surface area contributed by atoms with Crippen LogP contribution in [0.4, 0.5) is 5.69 Å². The van der Waals surface area contributed by atoms with Gasteiger partial charge in [-0.1, -0.05) is 72.8 Å². The fourth-order valence-electron chi connectivity index (χ4n) is 4.04. The smallest absolute Gasteiger partial charge is 0.242 e. The highest BCUT2D eigenvalue weighted by atomic mass is 16.5. The molecule has 0 aromatic heterocycles. The fourth-order valence-corrected chi connectivity index (χ4v) is 4.04. The van der Waals surface area contributed by atoms with Gasteiger partial charge in [0.2, 0.25) is 5.91 Å². The van der Waals surface area contributed by atoms with Crippen LogP contribution < -0.4 is 9.64 Å². The van der Waals surface area contributed by atoms with Gasteiger partial charge in [-0.05, 0) is 41.3 Å². The summed E-state index contributed by atoms with van der Waals surface area (Å²) < 4.78 is 5.31. The summed E-state index contributed by atoms with van der Waals surface area (Å²) in [6, 6.07) is 26.1. The molecule has 1 atom stereocenters. The van der Waals surface area contributed by atoms with E-state index in [9.17, 15) is 4.79 Å². The predicted molar refractivity (Wildman–Crippen MR) is 114 cm³/mol. The van der Waals surface area contributed by atoms with E-state index in [1.54, 1.807) is 12.0 Å². The number of hydrogen-bond acceptors (Lipinski definition) is 2. The number of ether oxygens (including phenoxy) is 1. The quantitative estimate of drug-likeness (QED) is 0.629. The minimum atomic E-state index is -0.733. The highest BCUT2D eigenvalue weighted by Crippen LogP contribution is 2.48. The topological polar surface area (TPSA) is 29.5 Å². The summed E-state index contributed by atoms with van der Waals surface area (Å²) in [6.07, 6.45) is 4.78. The Morgan fingerprint density at radius 2 is 1.61 bits per heavy atom. The van der Waals surface area contributed by atoms with Gasteiger partial charge in [0.1, 0.15) is 11.2 Å². The van der Waals surface area contributed by atoms with Gasteiger partial charge in [-0.2, -0.15) is 0 Å². The predicted octanol–water partition coefficient (Wildman–Crippen LogP) is 5.06. The molecule has 28 heavy (non-hydrogen) atoms. The molecule has 0 spiro atoms. The molecule has 0 radical (unpaired) electrons. The molecule has 1 unspecified atom stereocenters. The van der Waals surface area contributed by atoms with Crippen molar-refractivity contribution in [2.24, 2.45) is 0 Å². The molecular formula is C25H23NO2. The standard InChI is InChI=1S/C25H23NO2/c1-26-23-13-7-6-12-22(23)25(24(26)27,20-14-16-21(28-2)17-15-20)18-8-11-19-9-4-3-5-10-19/h3-17H,18H2,1-2H3/b11-8+. The van der Waals surface area contributed by atoms with Crippen molar-refractivity contribution in [3.8, 4) is 5.75 Å². The number of para-hydroxylation sites is 1. The van der Waals surface area contributed by atoms with Gasteiger partial charge in [-0.3, -0.25) is 4.79 Å². The first kappa shape index (κ1) is 18.1. The summed E-state index contributed by atoms with van der Waals surface area (Å²) in [6.45, 7) is 0. The number of fused-ring (bicyclic) bond motifs is 1. The number of anilines is 1. The van der Waals surface area contributed by atoms with E-state index < -0.39 is 5.41 Å². The number of nitrogens with zero attached hydrogens (tertiary/aromatic N) is 1. The Morgan fingerprint density at radius 1 is 0.929 bits per heavy atom. The van der Waals surface area contributed by atoms with E-state index in [0.29, 0.717) is 6.42 Å². The van der Waals surface area contributed by atoms with Crippen LogP contribution in [-0.4, -0.2) is 20.1 Å². The Labute approximate surface area is 165 Å². The number of amides is 1. The van der Waals surface area contributed by atoms with Gasteiger partial charge in [0.05, 0.1) is 7.11 Å². The SMILES string of the molecule is COc1ccc(C2(C/C=C/c3ccccc3)C(=O)N(C)c3ccccc32)cc1. The molecule has 0 N–H and O–H groups in total. The molecule has 3 heteroatoms. The van der Waals surface area contributed by atoms with Crippen molar-refractivity contribution in [2.45, 2.75) is 11.8 Å². The Morgan fingerprint density at radius 3 is 2.32 bits per heavy atom. The van der Waals surface area contributed by atoms with Gasteiger partial charge in [-0.15, -0.1) is 0 Å². The van der Waals surface area contributed by atoms with Crippen molar-refractivity contribution < 1.29 is 9.53 Å². The Hall–Kier alpha value is -3.33. The van der Waals surface area contributed by atoms with Crippen LogP contribution in [0.1, 0.15) is 23.1 Å². The lowest BCUT2D eigenvalue weighted by Crippen LogP contribution is -2.39. The fraction of sp³-hybridized carbons (Fsp3) is 0.160. The lowest BCUT2D eigenvalue weighted by molar-refractivity contribution is -0.121. The first-order valence-electron chi connectivity index (χ1n) is 9.40.